The molecule has 1 amide bonds. The van der Waals surface area contributed by atoms with Gasteiger partial charge in [0.1, 0.15) is 5.60 Å². The summed E-state index contributed by atoms with van der Waals surface area (Å²) in [4.78, 5) is 25.4. The molecule has 0 aliphatic heterocycles. The van der Waals surface area contributed by atoms with Gasteiger partial charge in [-0.2, -0.15) is 0 Å². The second-order valence-corrected chi connectivity index (χ2v) is 8.48. The number of nitrogens with one attached hydrogen (secondary N) is 1. The number of rotatable bonds is 6. The first kappa shape index (κ1) is 20.9. The maximum absolute atomic E-state index is 13.2. The predicted molar refractivity (Wildman–Crippen MR) is 122 cm³/mol. The highest BCUT2D eigenvalue weighted by molar-refractivity contribution is 5.86. The quantitative estimate of drug-likeness (QED) is 0.497. The van der Waals surface area contributed by atoms with E-state index >= 15 is 0 Å². The van der Waals surface area contributed by atoms with Gasteiger partial charge < -0.3 is 15.5 Å². The Hall–Kier alpha value is -3.39. The summed E-state index contributed by atoms with van der Waals surface area (Å²) in [6.45, 7) is 6.51. The van der Waals surface area contributed by atoms with Gasteiger partial charge >= 0.3 is 6.09 Å². The van der Waals surface area contributed by atoms with E-state index in [4.69, 9.17) is 10.5 Å². The second kappa shape index (κ2) is 8.39. The van der Waals surface area contributed by atoms with E-state index in [2.05, 4.69) is 15.0 Å². The smallest absolute Gasteiger partial charge is 0.429 e. The van der Waals surface area contributed by atoms with E-state index < -0.39 is 11.7 Å². The molecule has 0 fully saturated rings. The molecule has 4 heterocycles. The number of aromatic nitrogens is 4. The number of carbonyl (C=O) groups excluding carboxylic acids is 1. The Kier molecular flexibility index (Phi) is 5.65. The summed E-state index contributed by atoms with van der Waals surface area (Å²) in [5.41, 5.74) is 10.8. The van der Waals surface area contributed by atoms with Crippen LogP contribution in [0.1, 0.15) is 31.9 Å². The molecule has 3 N–H and O–H groups in total. The Morgan fingerprint density at radius 3 is 2.61 bits per heavy atom. The minimum Gasteiger partial charge on any atom is -0.442 e. The molecular formula is C23H28N6O2. The molecule has 4 rings (SSSR count). The zero-order chi connectivity index (χ0) is 22.0. The number of fused-ring (bicyclic) bond motifs is 2. The van der Waals surface area contributed by atoms with Crippen LogP contribution in [-0.4, -0.2) is 44.4 Å². The van der Waals surface area contributed by atoms with Crippen molar-refractivity contribution < 1.29 is 9.53 Å². The van der Waals surface area contributed by atoms with Crippen molar-refractivity contribution in [1.29, 1.82) is 0 Å². The van der Waals surface area contributed by atoms with Gasteiger partial charge in [-0.15, -0.1) is 0 Å². The van der Waals surface area contributed by atoms with Crippen LogP contribution < -0.4 is 10.7 Å². The molecule has 0 atom stereocenters. The van der Waals surface area contributed by atoms with Gasteiger partial charge in [0.25, 0.3) is 0 Å². The summed E-state index contributed by atoms with van der Waals surface area (Å²) in [6.07, 6.45) is 8.28. The van der Waals surface area contributed by atoms with Crippen LogP contribution in [0, 0.1) is 0 Å². The fourth-order valence-corrected chi connectivity index (χ4v) is 3.68. The summed E-state index contributed by atoms with van der Waals surface area (Å²) >= 11 is 0. The summed E-state index contributed by atoms with van der Waals surface area (Å²) in [7, 11) is 0. The Bertz CT molecular complexity index is 1200. The predicted octanol–water partition coefficient (Wildman–Crippen LogP) is 3.53. The average molecular weight is 421 g/mol. The number of ether oxygens (including phenoxy) is 1. The number of pyridine rings is 2. The number of nitrogens with zero attached hydrogens (tertiary/aromatic N) is 4. The Morgan fingerprint density at radius 2 is 1.87 bits per heavy atom. The maximum Gasteiger partial charge on any atom is 0.429 e. The zero-order valence-electron chi connectivity index (χ0n) is 18.1. The molecule has 0 radical (unpaired) electrons. The normalized spacial score (nSPS) is 11.9. The number of carbonyl (C=O) groups is 1. The molecular weight excluding hydrogens is 392 g/mol. The molecule has 0 saturated carbocycles. The molecule has 0 spiro atoms. The van der Waals surface area contributed by atoms with E-state index in [0.29, 0.717) is 25.9 Å². The highest BCUT2D eigenvalue weighted by atomic mass is 16.6. The standard InChI is InChI=1S/C23H28N6O2/c1-23(2,3)31-22(30)28(13-9-16-14-27-18-6-4-11-25-20(16)18)29-15-17(8-10-24)21-19(29)7-5-12-26-21/h4-7,11-12,14-15,27H,8-10,13,24H2,1-3H3. The van der Waals surface area contributed by atoms with Crippen molar-refractivity contribution in [3.8, 4) is 0 Å². The van der Waals surface area contributed by atoms with Crippen molar-refractivity contribution in [2.75, 3.05) is 18.1 Å². The van der Waals surface area contributed by atoms with E-state index in [-0.39, 0.29) is 0 Å². The number of nitrogens with two attached hydrogens (primary N) is 1. The fourth-order valence-electron chi connectivity index (χ4n) is 3.68. The minimum absolute atomic E-state index is 0.416. The van der Waals surface area contributed by atoms with Gasteiger partial charge in [-0.25, -0.2) is 9.80 Å². The van der Waals surface area contributed by atoms with Crippen molar-refractivity contribution in [2.45, 2.75) is 39.2 Å². The molecule has 0 saturated heterocycles. The van der Waals surface area contributed by atoms with Crippen molar-refractivity contribution in [1.82, 2.24) is 19.6 Å². The topological polar surface area (TPSA) is 102 Å². The molecule has 0 unspecified atom stereocenters. The van der Waals surface area contributed by atoms with E-state index in [1.165, 1.54) is 0 Å². The van der Waals surface area contributed by atoms with E-state index in [1.54, 1.807) is 17.4 Å². The molecule has 4 aromatic heterocycles. The fraction of sp³-hybridized carbons (Fsp3) is 0.348. The molecule has 8 heteroatoms. The van der Waals surface area contributed by atoms with Gasteiger partial charge in [0, 0.05) is 24.8 Å². The van der Waals surface area contributed by atoms with Crippen molar-refractivity contribution in [3.63, 3.8) is 0 Å². The Labute approximate surface area is 181 Å². The second-order valence-electron chi connectivity index (χ2n) is 8.48. The van der Waals surface area contributed by atoms with Gasteiger partial charge in [0.15, 0.2) is 0 Å². The van der Waals surface area contributed by atoms with Crippen molar-refractivity contribution in [3.05, 3.63) is 60.2 Å². The first-order valence-corrected chi connectivity index (χ1v) is 10.4. The first-order chi connectivity index (χ1) is 14.9. The molecule has 31 heavy (non-hydrogen) atoms. The number of H-pyrrole nitrogens is 1. The van der Waals surface area contributed by atoms with Crippen LogP contribution in [-0.2, 0) is 17.6 Å². The zero-order valence-corrected chi connectivity index (χ0v) is 18.1. The first-order valence-electron chi connectivity index (χ1n) is 10.4. The third kappa shape index (κ3) is 4.39. The minimum atomic E-state index is -0.612. The lowest BCUT2D eigenvalue weighted by Gasteiger charge is -2.28. The van der Waals surface area contributed by atoms with Crippen molar-refractivity contribution in [2.24, 2.45) is 5.73 Å². The highest BCUT2D eigenvalue weighted by Crippen LogP contribution is 2.22. The van der Waals surface area contributed by atoms with Gasteiger partial charge in [-0.3, -0.25) is 14.6 Å². The summed E-state index contributed by atoms with van der Waals surface area (Å²) in [5, 5.41) is 1.62. The molecule has 162 valence electrons. The molecule has 0 aromatic carbocycles. The SMILES string of the molecule is CC(C)(C)OC(=O)N(CCc1c[nH]c2cccnc12)n1cc(CCN)c2ncccc21. The van der Waals surface area contributed by atoms with E-state index in [1.807, 2.05) is 62.1 Å². The highest BCUT2D eigenvalue weighted by Gasteiger charge is 2.25. The summed E-state index contributed by atoms with van der Waals surface area (Å²) in [6, 6.07) is 7.70. The molecule has 4 aromatic rings. The number of hydrogen-bond acceptors (Lipinski definition) is 5. The maximum atomic E-state index is 13.2. The molecule has 0 bridgehead atoms. The number of amides is 1. The monoisotopic (exact) mass is 420 g/mol. The number of aromatic amines is 1. The van der Waals surface area contributed by atoms with E-state index in [0.717, 1.165) is 33.2 Å². The van der Waals surface area contributed by atoms with Gasteiger partial charge in [0.2, 0.25) is 0 Å². The van der Waals surface area contributed by atoms with Gasteiger partial charge in [-0.1, -0.05) is 0 Å². The molecule has 0 aliphatic carbocycles. The van der Waals surface area contributed by atoms with Crippen LogP contribution in [0.3, 0.4) is 0 Å². The van der Waals surface area contributed by atoms with Crippen LogP contribution in [0.2, 0.25) is 0 Å². The van der Waals surface area contributed by atoms with Crippen LogP contribution in [0.25, 0.3) is 22.1 Å². The van der Waals surface area contributed by atoms with Crippen LogP contribution in [0.15, 0.2) is 49.1 Å². The average Bonchev–Trinajstić information content (AvgIpc) is 3.30. The van der Waals surface area contributed by atoms with Crippen LogP contribution in [0.5, 0.6) is 0 Å². The summed E-state index contributed by atoms with van der Waals surface area (Å²) in [5.74, 6) is 0. The lowest BCUT2D eigenvalue weighted by atomic mass is 10.2. The molecule has 0 aliphatic rings. The third-order valence-corrected chi connectivity index (χ3v) is 5.00. The lowest BCUT2D eigenvalue weighted by Crippen LogP contribution is -2.44. The number of hydrogen-bond donors (Lipinski definition) is 2. The Balaban J connectivity index is 1.71. The van der Waals surface area contributed by atoms with Gasteiger partial charge in [0.05, 0.1) is 28.6 Å². The Morgan fingerprint density at radius 1 is 1.13 bits per heavy atom. The van der Waals surface area contributed by atoms with E-state index in [9.17, 15) is 4.79 Å². The summed E-state index contributed by atoms with van der Waals surface area (Å²) < 4.78 is 7.56. The van der Waals surface area contributed by atoms with Crippen LogP contribution >= 0.6 is 0 Å². The largest absolute Gasteiger partial charge is 0.442 e. The van der Waals surface area contributed by atoms with Crippen LogP contribution in [0.4, 0.5) is 4.79 Å². The third-order valence-electron chi connectivity index (χ3n) is 5.00. The van der Waals surface area contributed by atoms with Crippen molar-refractivity contribution >= 4 is 28.2 Å². The van der Waals surface area contributed by atoms with Gasteiger partial charge in [-0.05, 0) is 75.5 Å². The molecule has 8 nitrogen and oxygen atoms in total. The lowest BCUT2D eigenvalue weighted by molar-refractivity contribution is 0.0541.